The molecule has 0 radical (unpaired) electrons. The van der Waals surface area contributed by atoms with Gasteiger partial charge in [-0.15, -0.1) is 0 Å². The third-order valence-corrected chi connectivity index (χ3v) is 8.15. The number of methoxy groups -OCH3 is 1. The van der Waals surface area contributed by atoms with E-state index < -0.39 is 5.41 Å². The van der Waals surface area contributed by atoms with Crippen LogP contribution in [0.2, 0.25) is 0 Å². The summed E-state index contributed by atoms with van der Waals surface area (Å²) in [5.41, 5.74) is 3.51. The molecule has 39 heavy (non-hydrogen) atoms. The first-order valence-corrected chi connectivity index (χ1v) is 13.5. The van der Waals surface area contributed by atoms with Crippen LogP contribution in [0.5, 0.6) is 5.75 Å². The van der Waals surface area contributed by atoms with Crippen LogP contribution in [0.15, 0.2) is 120 Å². The molecule has 2 aliphatic heterocycles. The van der Waals surface area contributed by atoms with Gasteiger partial charge in [0, 0.05) is 37.9 Å². The second-order valence-electron chi connectivity index (χ2n) is 10.4. The van der Waals surface area contributed by atoms with Gasteiger partial charge in [0.25, 0.3) is 0 Å². The number of hydrogen-bond acceptors (Lipinski definition) is 4. The summed E-state index contributed by atoms with van der Waals surface area (Å²) in [7, 11) is 1.67. The number of nitrogens with zero attached hydrogens (tertiary/aromatic N) is 2. The van der Waals surface area contributed by atoms with E-state index in [1.54, 1.807) is 7.11 Å². The first-order valence-electron chi connectivity index (χ1n) is 13.5. The van der Waals surface area contributed by atoms with Gasteiger partial charge >= 0.3 is 0 Å². The summed E-state index contributed by atoms with van der Waals surface area (Å²) in [5, 5.41) is 4.48. The fraction of sp³-hybridized carbons (Fsp3) is 0.235. The molecule has 6 rings (SSSR count). The second kappa shape index (κ2) is 10.4. The van der Waals surface area contributed by atoms with Gasteiger partial charge in [0.1, 0.15) is 16.8 Å². The Balaban J connectivity index is 1.30. The summed E-state index contributed by atoms with van der Waals surface area (Å²) in [6.07, 6.45) is 2.18. The highest BCUT2D eigenvalue weighted by Gasteiger charge is 2.49. The molecule has 2 heterocycles. The van der Waals surface area contributed by atoms with Gasteiger partial charge in [0.15, 0.2) is 0 Å². The minimum atomic E-state index is -0.951. The minimum absolute atomic E-state index is 0.0906. The number of carbonyl (C=O) groups is 1. The second-order valence-corrected chi connectivity index (χ2v) is 10.4. The predicted octanol–water partition coefficient (Wildman–Crippen LogP) is 6.22. The zero-order valence-electron chi connectivity index (χ0n) is 22.1. The Morgan fingerprint density at radius 1 is 0.795 bits per heavy atom. The molecule has 0 N–H and O–H groups in total. The van der Waals surface area contributed by atoms with Gasteiger partial charge in [-0.05, 0) is 28.8 Å². The normalized spacial score (nSPS) is 16.4. The lowest BCUT2D eigenvalue weighted by Crippen LogP contribution is -2.54. The van der Waals surface area contributed by atoms with E-state index in [0.29, 0.717) is 13.1 Å². The van der Waals surface area contributed by atoms with Gasteiger partial charge in [-0.25, -0.2) is 0 Å². The van der Waals surface area contributed by atoms with E-state index in [1.165, 1.54) is 0 Å². The maximum atomic E-state index is 14.8. The zero-order valence-corrected chi connectivity index (χ0v) is 22.1. The number of oxime groups is 1. The van der Waals surface area contributed by atoms with Crippen LogP contribution < -0.4 is 4.74 Å². The fourth-order valence-electron chi connectivity index (χ4n) is 6.04. The summed E-state index contributed by atoms with van der Waals surface area (Å²) >= 11 is 0. The van der Waals surface area contributed by atoms with Gasteiger partial charge in [-0.3, -0.25) is 4.79 Å². The van der Waals surface area contributed by atoms with Gasteiger partial charge in [0.05, 0.1) is 12.8 Å². The molecule has 0 aromatic heterocycles. The van der Waals surface area contributed by atoms with Crippen LogP contribution in [0.25, 0.3) is 0 Å². The Labute approximate surface area is 229 Å². The number of rotatable bonds is 6. The third-order valence-electron chi connectivity index (χ3n) is 8.15. The molecule has 1 saturated heterocycles. The van der Waals surface area contributed by atoms with Crippen LogP contribution in [-0.4, -0.2) is 42.3 Å². The van der Waals surface area contributed by atoms with Crippen LogP contribution in [-0.2, 0) is 15.0 Å². The Morgan fingerprint density at radius 2 is 1.33 bits per heavy atom. The molecule has 1 fully saturated rings. The minimum Gasteiger partial charge on any atom is -0.497 e. The number of amides is 1. The first kappa shape index (κ1) is 24.9. The van der Waals surface area contributed by atoms with Crippen molar-refractivity contribution in [3.05, 3.63) is 138 Å². The maximum Gasteiger partial charge on any atom is 0.242 e. The summed E-state index contributed by atoms with van der Waals surface area (Å²) in [6.45, 7) is 1.21. The van der Waals surface area contributed by atoms with Crippen molar-refractivity contribution in [2.24, 2.45) is 5.16 Å². The standard InChI is InChI=1S/C34H32N2O3/c1-38-30-19-11-12-26(24-30)31-25-33(39-35-31)20-22-36(23-21-33)32(37)34(27-13-5-2-6-14-27,28-15-7-3-8-16-28)29-17-9-4-10-18-29/h2-19,24H,20-23,25H2,1H3. The van der Waals surface area contributed by atoms with E-state index in [9.17, 15) is 4.79 Å². The number of carbonyl (C=O) groups excluding carboxylic acids is 1. The Hall–Kier alpha value is -4.38. The molecule has 5 heteroatoms. The number of ether oxygens (including phenoxy) is 1. The molecular weight excluding hydrogens is 484 g/mol. The SMILES string of the molecule is COc1cccc(C2=NOC3(CCN(C(=O)C(c4ccccc4)(c4ccccc4)c4ccccc4)CC3)C2)c1. The van der Waals surface area contributed by atoms with E-state index in [0.717, 1.165) is 53.0 Å². The van der Waals surface area contributed by atoms with Gasteiger partial charge in [0.2, 0.25) is 5.91 Å². The van der Waals surface area contributed by atoms with Crippen molar-refractivity contribution in [3.63, 3.8) is 0 Å². The molecular formula is C34H32N2O3. The molecule has 2 aliphatic rings. The highest BCUT2D eigenvalue weighted by molar-refractivity contribution is 6.02. The molecule has 0 unspecified atom stereocenters. The Morgan fingerprint density at radius 3 is 1.85 bits per heavy atom. The largest absolute Gasteiger partial charge is 0.497 e. The first-order chi connectivity index (χ1) is 19.1. The van der Waals surface area contributed by atoms with E-state index in [4.69, 9.17) is 9.57 Å². The molecule has 196 valence electrons. The highest BCUT2D eigenvalue weighted by Crippen LogP contribution is 2.43. The topological polar surface area (TPSA) is 51.1 Å². The molecule has 0 saturated carbocycles. The number of likely N-dealkylation sites (tertiary alicyclic amines) is 1. The monoisotopic (exact) mass is 516 g/mol. The average Bonchev–Trinajstić information content (AvgIpc) is 3.43. The Bertz CT molecular complexity index is 1360. The highest BCUT2D eigenvalue weighted by atomic mass is 16.7. The van der Waals surface area contributed by atoms with Crippen molar-refractivity contribution in [2.75, 3.05) is 20.2 Å². The molecule has 5 nitrogen and oxygen atoms in total. The molecule has 0 bridgehead atoms. The summed E-state index contributed by atoms with van der Waals surface area (Å²) in [5.74, 6) is 0.892. The van der Waals surface area contributed by atoms with Gasteiger partial charge in [-0.1, -0.05) is 108 Å². The number of benzene rings is 4. The van der Waals surface area contributed by atoms with Crippen LogP contribution in [0.1, 0.15) is 41.5 Å². The van der Waals surface area contributed by atoms with Crippen molar-refractivity contribution in [1.29, 1.82) is 0 Å². The summed E-state index contributed by atoms with van der Waals surface area (Å²) in [4.78, 5) is 22.9. The number of piperidine rings is 1. The number of hydrogen-bond donors (Lipinski definition) is 0. The van der Waals surface area contributed by atoms with Gasteiger partial charge in [-0.2, -0.15) is 0 Å². The van der Waals surface area contributed by atoms with E-state index in [1.807, 2.05) is 83.8 Å². The van der Waals surface area contributed by atoms with Crippen LogP contribution in [0.4, 0.5) is 0 Å². The van der Waals surface area contributed by atoms with Crippen molar-refractivity contribution >= 4 is 11.6 Å². The van der Waals surface area contributed by atoms with Crippen molar-refractivity contribution in [1.82, 2.24) is 4.90 Å². The van der Waals surface area contributed by atoms with E-state index >= 15 is 0 Å². The maximum absolute atomic E-state index is 14.8. The molecule has 4 aromatic rings. The van der Waals surface area contributed by atoms with Gasteiger partial charge < -0.3 is 14.5 Å². The third kappa shape index (κ3) is 4.48. The van der Waals surface area contributed by atoms with Crippen LogP contribution in [0.3, 0.4) is 0 Å². The Kier molecular flexibility index (Phi) is 6.65. The molecule has 1 amide bonds. The molecule has 4 aromatic carbocycles. The lowest BCUT2D eigenvalue weighted by atomic mass is 9.68. The zero-order chi connectivity index (χ0) is 26.7. The lowest BCUT2D eigenvalue weighted by Gasteiger charge is -2.43. The van der Waals surface area contributed by atoms with Crippen LogP contribution >= 0.6 is 0 Å². The molecule has 1 spiro atoms. The van der Waals surface area contributed by atoms with Crippen molar-refractivity contribution in [2.45, 2.75) is 30.3 Å². The van der Waals surface area contributed by atoms with Crippen molar-refractivity contribution in [3.8, 4) is 5.75 Å². The smallest absolute Gasteiger partial charge is 0.242 e. The average molecular weight is 517 g/mol. The van der Waals surface area contributed by atoms with Crippen LogP contribution in [0, 0.1) is 0 Å². The predicted molar refractivity (Wildman–Crippen MR) is 153 cm³/mol. The van der Waals surface area contributed by atoms with Crippen molar-refractivity contribution < 1.29 is 14.4 Å². The quantitative estimate of drug-likeness (QED) is 0.286. The lowest BCUT2D eigenvalue weighted by molar-refractivity contribution is -0.140. The fourth-order valence-corrected chi connectivity index (χ4v) is 6.04. The molecule has 0 aliphatic carbocycles. The summed E-state index contributed by atoms with van der Waals surface area (Å²) in [6, 6.07) is 38.4. The summed E-state index contributed by atoms with van der Waals surface area (Å²) < 4.78 is 5.39. The van der Waals surface area contributed by atoms with E-state index in [-0.39, 0.29) is 11.5 Å². The molecule has 0 atom stereocenters. The van der Waals surface area contributed by atoms with E-state index in [2.05, 4.69) is 41.6 Å².